The molecule has 0 unspecified atom stereocenters. The Kier molecular flexibility index (Phi) is 3.68. The van der Waals surface area contributed by atoms with Crippen LogP contribution >= 0.6 is 31.9 Å². The monoisotopic (exact) mass is 520 g/mol. The number of aromatic hydroxyl groups is 2. The molecule has 4 aromatic rings. The maximum absolute atomic E-state index is 10.2. The predicted octanol–water partition coefficient (Wildman–Crippen LogP) is 7.09. The highest BCUT2D eigenvalue weighted by Gasteiger charge is 2.51. The third-order valence-corrected chi connectivity index (χ3v) is 7.01. The molecule has 0 saturated heterocycles. The lowest BCUT2D eigenvalue weighted by molar-refractivity contribution is 0.417. The summed E-state index contributed by atoms with van der Waals surface area (Å²) in [6.07, 6.45) is 0. The normalized spacial score (nSPS) is 14.5. The third-order valence-electron chi connectivity index (χ3n) is 6.02. The van der Waals surface area contributed by atoms with E-state index in [1.165, 1.54) is 0 Å². The minimum absolute atomic E-state index is 0.134. The van der Waals surface area contributed by atoms with Crippen molar-refractivity contribution >= 4 is 31.9 Å². The first kappa shape index (κ1) is 18.0. The molecule has 0 aromatic heterocycles. The molecule has 2 aliphatic rings. The molecule has 1 heterocycles. The number of benzene rings is 4. The van der Waals surface area contributed by atoms with Crippen molar-refractivity contribution in [1.29, 1.82) is 0 Å². The molecule has 1 spiro atoms. The van der Waals surface area contributed by atoms with Crippen LogP contribution in [0.4, 0.5) is 0 Å². The average molecular weight is 522 g/mol. The molecule has 4 aromatic carbocycles. The van der Waals surface area contributed by atoms with E-state index in [9.17, 15) is 10.2 Å². The van der Waals surface area contributed by atoms with Crippen LogP contribution in [0.3, 0.4) is 0 Å². The number of fused-ring (bicyclic) bond motifs is 9. The first-order valence-corrected chi connectivity index (χ1v) is 11.0. The van der Waals surface area contributed by atoms with Crippen LogP contribution < -0.4 is 4.74 Å². The van der Waals surface area contributed by atoms with Gasteiger partial charge in [-0.1, -0.05) is 56.1 Å². The van der Waals surface area contributed by atoms with Crippen molar-refractivity contribution in [3.8, 4) is 34.1 Å². The fourth-order valence-electron chi connectivity index (χ4n) is 4.92. The lowest BCUT2D eigenvalue weighted by Crippen LogP contribution is -2.32. The molecule has 6 rings (SSSR count). The van der Waals surface area contributed by atoms with Gasteiger partial charge in [0.05, 0.1) is 5.41 Å². The zero-order valence-corrected chi connectivity index (χ0v) is 18.7. The van der Waals surface area contributed by atoms with Crippen LogP contribution in [0, 0.1) is 0 Å². The van der Waals surface area contributed by atoms with Gasteiger partial charge in [-0.2, -0.15) is 0 Å². The molecule has 30 heavy (non-hydrogen) atoms. The highest BCUT2D eigenvalue weighted by atomic mass is 79.9. The topological polar surface area (TPSA) is 49.7 Å². The van der Waals surface area contributed by atoms with Crippen LogP contribution in [0.25, 0.3) is 11.1 Å². The van der Waals surface area contributed by atoms with Crippen molar-refractivity contribution in [3.05, 3.63) is 104 Å². The predicted molar refractivity (Wildman–Crippen MR) is 123 cm³/mol. The molecule has 3 nitrogen and oxygen atoms in total. The Morgan fingerprint density at radius 3 is 1.50 bits per heavy atom. The van der Waals surface area contributed by atoms with Crippen molar-refractivity contribution in [1.82, 2.24) is 0 Å². The second-order valence-electron chi connectivity index (χ2n) is 7.59. The van der Waals surface area contributed by atoms with E-state index < -0.39 is 5.41 Å². The smallest absolute Gasteiger partial charge is 0.135 e. The van der Waals surface area contributed by atoms with Gasteiger partial charge in [0.15, 0.2) is 0 Å². The average Bonchev–Trinajstić information content (AvgIpc) is 2.97. The first-order valence-electron chi connectivity index (χ1n) is 9.44. The number of hydrogen-bond donors (Lipinski definition) is 2. The fourth-order valence-corrected chi connectivity index (χ4v) is 5.64. The Morgan fingerprint density at radius 2 is 1.03 bits per heavy atom. The maximum Gasteiger partial charge on any atom is 0.135 e. The van der Waals surface area contributed by atoms with Crippen LogP contribution in [0.5, 0.6) is 23.0 Å². The number of phenols is 2. The second-order valence-corrected chi connectivity index (χ2v) is 9.42. The summed E-state index contributed by atoms with van der Waals surface area (Å²) in [4.78, 5) is 0. The lowest BCUT2D eigenvalue weighted by Gasteiger charge is -2.39. The standard InChI is InChI=1S/C25H14Br2O3/c26-13-1-5-17-18-6-2-14(27)10-22(18)25(21(17)9-13)19-7-3-15(28)11-23(19)30-24-12-16(29)4-8-20(24)25/h1-12,28-29H. The Hall–Kier alpha value is -2.76. The van der Waals surface area contributed by atoms with E-state index >= 15 is 0 Å². The van der Waals surface area contributed by atoms with Crippen molar-refractivity contribution in [3.63, 3.8) is 0 Å². The van der Waals surface area contributed by atoms with Crippen LogP contribution in [-0.2, 0) is 5.41 Å². The van der Waals surface area contributed by atoms with E-state index in [1.807, 2.05) is 12.1 Å². The summed E-state index contributed by atoms with van der Waals surface area (Å²) in [5, 5.41) is 20.3. The van der Waals surface area contributed by atoms with E-state index in [4.69, 9.17) is 4.74 Å². The van der Waals surface area contributed by atoms with Crippen LogP contribution in [-0.4, -0.2) is 10.2 Å². The van der Waals surface area contributed by atoms with Gasteiger partial charge in [-0.3, -0.25) is 0 Å². The molecule has 146 valence electrons. The summed E-state index contributed by atoms with van der Waals surface area (Å²) in [5.41, 5.74) is 5.84. The van der Waals surface area contributed by atoms with Crippen molar-refractivity contribution in [2.45, 2.75) is 5.41 Å². The zero-order chi connectivity index (χ0) is 20.6. The number of halogens is 2. The largest absolute Gasteiger partial charge is 0.508 e. The number of ether oxygens (including phenoxy) is 1. The Balaban J connectivity index is 1.85. The number of phenolic OH excluding ortho intramolecular Hbond substituents is 2. The molecule has 0 saturated carbocycles. The molecule has 0 bridgehead atoms. The van der Waals surface area contributed by atoms with Crippen LogP contribution in [0.2, 0.25) is 0 Å². The first-order chi connectivity index (χ1) is 14.5. The number of hydrogen-bond acceptors (Lipinski definition) is 3. The van der Waals surface area contributed by atoms with Gasteiger partial charge in [-0.15, -0.1) is 0 Å². The van der Waals surface area contributed by atoms with Gasteiger partial charge < -0.3 is 14.9 Å². The van der Waals surface area contributed by atoms with Gasteiger partial charge in [-0.05, 0) is 58.7 Å². The third kappa shape index (κ3) is 2.25. The Bertz CT molecular complexity index is 1270. The molecule has 1 aliphatic heterocycles. The SMILES string of the molecule is Oc1ccc2c(c1)Oc1cc(O)ccc1C21c2cc(Br)ccc2-c2ccc(Br)cc21. The molecule has 0 fully saturated rings. The summed E-state index contributed by atoms with van der Waals surface area (Å²) in [7, 11) is 0. The molecular weight excluding hydrogens is 508 g/mol. The molecule has 0 radical (unpaired) electrons. The molecule has 1 aliphatic carbocycles. The van der Waals surface area contributed by atoms with E-state index in [0.29, 0.717) is 11.5 Å². The Morgan fingerprint density at radius 1 is 0.567 bits per heavy atom. The minimum atomic E-state index is -0.636. The van der Waals surface area contributed by atoms with Gasteiger partial charge in [-0.25, -0.2) is 0 Å². The molecular formula is C25H14Br2O3. The Labute approximate surface area is 189 Å². The highest BCUT2D eigenvalue weighted by Crippen LogP contribution is 2.63. The molecule has 0 atom stereocenters. The fraction of sp³-hybridized carbons (Fsp3) is 0.0400. The summed E-state index contributed by atoms with van der Waals surface area (Å²) < 4.78 is 8.14. The van der Waals surface area contributed by atoms with Crippen LogP contribution in [0.15, 0.2) is 81.7 Å². The van der Waals surface area contributed by atoms with E-state index in [1.54, 1.807) is 24.3 Å². The van der Waals surface area contributed by atoms with Crippen molar-refractivity contribution < 1.29 is 14.9 Å². The van der Waals surface area contributed by atoms with E-state index in [2.05, 4.69) is 68.3 Å². The van der Waals surface area contributed by atoms with Crippen LogP contribution in [0.1, 0.15) is 22.3 Å². The van der Waals surface area contributed by atoms with Gasteiger partial charge >= 0.3 is 0 Å². The quantitative estimate of drug-likeness (QED) is 0.224. The minimum Gasteiger partial charge on any atom is -0.508 e. The van der Waals surface area contributed by atoms with Gasteiger partial charge in [0, 0.05) is 32.2 Å². The van der Waals surface area contributed by atoms with Gasteiger partial charge in [0.2, 0.25) is 0 Å². The van der Waals surface area contributed by atoms with Crippen molar-refractivity contribution in [2.75, 3.05) is 0 Å². The molecule has 0 amide bonds. The van der Waals surface area contributed by atoms with Gasteiger partial charge in [0.1, 0.15) is 23.0 Å². The van der Waals surface area contributed by atoms with E-state index in [-0.39, 0.29) is 11.5 Å². The summed E-state index contributed by atoms with van der Waals surface area (Å²) >= 11 is 7.31. The van der Waals surface area contributed by atoms with Gasteiger partial charge in [0.25, 0.3) is 0 Å². The molecule has 5 heteroatoms. The maximum atomic E-state index is 10.2. The summed E-state index contributed by atoms with van der Waals surface area (Å²) in [6, 6.07) is 23.2. The summed E-state index contributed by atoms with van der Waals surface area (Å²) in [6.45, 7) is 0. The number of rotatable bonds is 0. The van der Waals surface area contributed by atoms with Crippen molar-refractivity contribution in [2.24, 2.45) is 0 Å². The molecule has 2 N–H and O–H groups in total. The lowest BCUT2D eigenvalue weighted by atomic mass is 9.66. The summed E-state index contributed by atoms with van der Waals surface area (Å²) in [5.74, 6) is 1.42. The van der Waals surface area contributed by atoms with E-state index in [0.717, 1.165) is 42.3 Å². The zero-order valence-electron chi connectivity index (χ0n) is 15.5. The highest BCUT2D eigenvalue weighted by molar-refractivity contribution is 9.10. The second kappa shape index (κ2) is 6.13.